The number of nitriles is 1. The van der Waals surface area contributed by atoms with Crippen LogP contribution in [-0.2, 0) is 6.54 Å². The van der Waals surface area contributed by atoms with Crippen molar-refractivity contribution >= 4 is 11.1 Å². The van der Waals surface area contributed by atoms with Crippen LogP contribution in [0.25, 0.3) is 11.1 Å². The molecular formula is C13H15N3O. The summed E-state index contributed by atoms with van der Waals surface area (Å²) in [7, 11) is 1.87. The van der Waals surface area contributed by atoms with E-state index >= 15 is 0 Å². The molecule has 0 saturated heterocycles. The lowest BCUT2D eigenvalue weighted by Crippen LogP contribution is -2.05. The Labute approximate surface area is 100 Å². The second-order valence-electron chi connectivity index (χ2n) is 4.34. The Balaban J connectivity index is 2.62. The average Bonchev–Trinajstić information content (AvgIpc) is 2.72. The summed E-state index contributed by atoms with van der Waals surface area (Å²) in [5.41, 5.74) is 2.95. The van der Waals surface area contributed by atoms with E-state index in [2.05, 4.69) is 16.4 Å². The number of aromatic nitrogens is 1. The Morgan fingerprint density at radius 1 is 1.47 bits per heavy atom. The summed E-state index contributed by atoms with van der Waals surface area (Å²) in [4.78, 5) is 4.42. The fraction of sp³-hybridized carbons (Fsp3) is 0.385. The third-order valence-electron chi connectivity index (χ3n) is 2.56. The number of rotatable bonds is 3. The van der Waals surface area contributed by atoms with Gasteiger partial charge >= 0.3 is 0 Å². The monoisotopic (exact) mass is 229 g/mol. The quantitative estimate of drug-likeness (QED) is 0.878. The third-order valence-corrected chi connectivity index (χ3v) is 2.56. The van der Waals surface area contributed by atoms with Gasteiger partial charge in [-0.05, 0) is 24.7 Å². The molecule has 4 heteroatoms. The van der Waals surface area contributed by atoms with E-state index in [1.54, 1.807) is 0 Å². The largest absolute Gasteiger partial charge is 0.439 e. The molecule has 1 aromatic carbocycles. The Kier molecular flexibility index (Phi) is 3.12. The van der Waals surface area contributed by atoms with Gasteiger partial charge in [0.25, 0.3) is 0 Å². The second kappa shape index (κ2) is 4.56. The normalized spacial score (nSPS) is 11.0. The summed E-state index contributed by atoms with van der Waals surface area (Å²) in [5, 5.41) is 12.2. The zero-order valence-electron chi connectivity index (χ0n) is 10.2. The molecule has 0 aliphatic rings. The van der Waals surface area contributed by atoms with Crippen LogP contribution >= 0.6 is 0 Å². The zero-order valence-corrected chi connectivity index (χ0v) is 10.2. The first-order valence-electron chi connectivity index (χ1n) is 5.63. The Bertz CT molecular complexity index is 578. The molecular weight excluding hydrogens is 214 g/mol. The summed E-state index contributed by atoms with van der Waals surface area (Å²) >= 11 is 0. The van der Waals surface area contributed by atoms with Crippen molar-refractivity contribution in [3.63, 3.8) is 0 Å². The van der Waals surface area contributed by atoms with Gasteiger partial charge in [-0.2, -0.15) is 5.26 Å². The van der Waals surface area contributed by atoms with Gasteiger partial charge in [0.1, 0.15) is 11.6 Å². The van der Waals surface area contributed by atoms with Crippen LogP contribution in [0.15, 0.2) is 16.5 Å². The molecule has 0 aliphatic carbocycles. The third kappa shape index (κ3) is 2.15. The van der Waals surface area contributed by atoms with Gasteiger partial charge in [-0.1, -0.05) is 13.8 Å². The fourth-order valence-corrected chi connectivity index (χ4v) is 1.74. The number of nitrogens with zero attached hydrogens (tertiary/aromatic N) is 2. The minimum Gasteiger partial charge on any atom is -0.439 e. The van der Waals surface area contributed by atoms with Gasteiger partial charge in [-0.15, -0.1) is 0 Å². The van der Waals surface area contributed by atoms with Gasteiger partial charge < -0.3 is 9.73 Å². The minimum absolute atomic E-state index is 0.224. The van der Waals surface area contributed by atoms with E-state index in [1.165, 1.54) is 0 Å². The maximum Gasteiger partial charge on any atom is 0.198 e. The van der Waals surface area contributed by atoms with Crippen molar-refractivity contribution < 1.29 is 4.42 Å². The van der Waals surface area contributed by atoms with Crippen molar-refractivity contribution in [3.05, 3.63) is 29.2 Å². The lowest BCUT2D eigenvalue weighted by atomic mass is 10.1. The molecule has 1 heterocycles. The molecule has 17 heavy (non-hydrogen) atoms. The van der Waals surface area contributed by atoms with Crippen LogP contribution in [0.5, 0.6) is 0 Å². The lowest BCUT2D eigenvalue weighted by molar-refractivity contribution is 0.501. The summed E-state index contributed by atoms with van der Waals surface area (Å²) < 4.78 is 5.63. The Hall–Kier alpha value is -1.86. The molecule has 2 aromatic rings. The van der Waals surface area contributed by atoms with Crippen LogP contribution in [0.2, 0.25) is 0 Å². The van der Waals surface area contributed by atoms with Gasteiger partial charge in [0.05, 0.1) is 5.56 Å². The molecule has 0 unspecified atom stereocenters. The summed E-state index contributed by atoms with van der Waals surface area (Å²) in [6.07, 6.45) is 0. The molecule has 0 saturated carbocycles. The number of fused-ring (bicyclic) bond motifs is 1. The molecule has 4 nitrogen and oxygen atoms in total. The first-order chi connectivity index (χ1) is 8.15. The van der Waals surface area contributed by atoms with Crippen LogP contribution in [0.3, 0.4) is 0 Å². The van der Waals surface area contributed by atoms with Gasteiger partial charge in [0.15, 0.2) is 11.5 Å². The number of hydrogen-bond donors (Lipinski definition) is 1. The topological polar surface area (TPSA) is 61.9 Å². The molecule has 88 valence electrons. The molecule has 0 amide bonds. The van der Waals surface area contributed by atoms with Crippen molar-refractivity contribution in [2.45, 2.75) is 26.3 Å². The number of oxazole rings is 1. The predicted octanol–water partition coefficient (Wildman–Crippen LogP) is 2.54. The second-order valence-corrected chi connectivity index (χ2v) is 4.34. The standard InChI is InChI=1S/C13H15N3O/c1-8(2)13-16-11-5-9(7-15-3)4-10(6-14)12(11)17-13/h4-5,8,15H,7H2,1-3H3. The minimum atomic E-state index is 0.224. The van der Waals surface area contributed by atoms with Gasteiger partial charge in [0.2, 0.25) is 0 Å². The van der Waals surface area contributed by atoms with Crippen LogP contribution < -0.4 is 5.32 Å². The van der Waals surface area contributed by atoms with E-state index in [0.29, 0.717) is 23.6 Å². The highest BCUT2D eigenvalue weighted by molar-refractivity contribution is 5.80. The fourth-order valence-electron chi connectivity index (χ4n) is 1.74. The molecule has 0 bridgehead atoms. The smallest absolute Gasteiger partial charge is 0.198 e. The summed E-state index contributed by atoms with van der Waals surface area (Å²) in [5.74, 6) is 0.903. The molecule has 0 radical (unpaired) electrons. The van der Waals surface area contributed by atoms with Crippen molar-refractivity contribution in [1.82, 2.24) is 10.3 Å². The van der Waals surface area contributed by atoms with E-state index in [9.17, 15) is 0 Å². The zero-order chi connectivity index (χ0) is 12.4. The number of benzene rings is 1. The predicted molar refractivity (Wildman–Crippen MR) is 65.6 cm³/mol. The first-order valence-corrected chi connectivity index (χ1v) is 5.63. The van der Waals surface area contributed by atoms with Crippen LogP contribution in [-0.4, -0.2) is 12.0 Å². The number of nitrogens with one attached hydrogen (secondary N) is 1. The molecule has 0 spiro atoms. The Morgan fingerprint density at radius 3 is 2.82 bits per heavy atom. The van der Waals surface area contributed by atoms with Gasteiger partial charge in [0, 0.05) is 12.5 Å². The highest BCUT2D eigenvalue weighted by atomic mass is 16.3. The molecule has 1 aromatic heterocycles. The van der Waals surface area contributed by atoms with Crippen LogP contribution in [0.4, 0.5) is 0 Å². The summed E-state index contributed by atoms with van der Waals surface area (Å²) in [6, 6.07) is 5.96. The van der Waals surface area contributed by atoms with Crippen molar-refractivity contribution in [2.24, 2.45) is 0 Å². The number of hydrogen-bond acceptors (Lipinski definition) is 4. The highest BCUT2D eigenvalue weighted by Gasteiger charge is 2.13. The molecule has 0 fully saturated rings. The van der Waals surface area contributed by atoms with Crippen LogP contribution in [0.1, 0.15) is 36.8 Å². The lowest BCUT2D eigenvalue weighted by Gasteiger charge is -2.00. The SMILES string of the molecule is CNCc1cc(C#N)c2oc(C(C)C)nc2c1. The van der Waals surface area contributed by atoms with Gasteiger partial charge in [-0.25, -0.2) is 4.98 Å². The molecule has 0 atom stereocenters. The van der Waals surface area contributed by atoms with Crippen molar-refractivity contribution in [2.75, 3.05) is 7.05 Å². The molecule has 2 rings (SSSR count). The maximum atomic E-state index is 9.12. The molecule has 1 N–H and O–H groups in total. The first kappa shape index (κ1) is 11.6. The summed E-state index contributed by atoms with van der Waals surface area (Å²) in [6.45, 7) is 4.75. The average molecular weight is 229 g/mol. The highest BCUT2D eigenvalue weighted by Crippen LogP contribution is 2.25. The van der Waals surface area contributed by atoms with Crippen molar-refractivity contribution in [3.8, 4) is 6.07 Å². The Morgan fingerprint density at radius 2 is 2.24 bits per heavy atom. The van der Waals surface area contributed by atoms with Crippen molar-refractivity contribution in [1.29, 1.82) is 5.26 Å². The van der Waals surface area contributed by atoms with E-state index in [-0.39, 0.29) is 5.92 Å². The molecule has 0 aliphatic heterocycles. The van der Waals surface area contributed by atoms with E-state index in [4.69, 9.17) is 9.68 Å². The van der Waals surface area contributed by atoms with Gasteiger partial charge in [-0.3, -0.25) is 0 Å². The van der Waals surface area contributed by atoms with E-state index < -0.39 is 0 Å². The van der Waals surface area contributed by atoms with Crippen LogP contribution in [0, 0.1) is 11.3 Å². The maximum absolute atomic E-state index is 9.12. The van der Waals surface area contributed by atoms with E-state index in [1.807, 2.05) is 33.0 Å². The van der Waals surface area contributed by atoms with E-state index in [0.717, 1.165) is 11.1 Å².